The first-order valence-corrected chi connectivity index (χ1v) is 12.2. The van der Waals surface area contributed by atoms with Gasteiger partial charge >= 0.3 is 0 Å². The number of unbranched alkanes of at least 4 members (excludes halogenated alkanes) is 1. The van der Waals surface area contributed by atoms with Gasteiger partial charge in [-0.2, -0.15) is 5.10 Å². The molecule has 2 aromatic carbocycles. The molecule has 8 heteroatoms. The Balaban J connectivity index is 1.53. The summed E-state index contributed by atoms with van der Waals surface area (Å²) < 4.78 is 10.6. The zero-order valence-corrected chi connectivity index (χ0v) is 20.7. The van der Waals surface area contributed by atoms with Gasteiger partial charge in [0.2, 0.25) is 0 Å². The first kappa shape index (κ1) is 26.2. The average Bonchev–Trinajstić information content (AvgIpc) is 2.91. The largest absolute Gasteiger partial charge is 0.497 e. The van der Waals surface area contributed by atoms with Crippen molar-refractivity contribution in [2.24, 2.45) is 5.10 Å². The van der Waals surface area contributed by atoms with E-state index in [1.807, 2.05) is 24.3 Å². The number of rotatable bonds is 12. The van der Waals surface area contributed by atoms with Crippen LogP contribution in [0.1, 0.15) is 54.4 Å². The molecule has 35 heavy (non-hydrogen) atoms. The monoisotopic (exact) mass is 480 g/mol. The van der Waals surface area contributed by atoms with Crippen LogP contribution in [0.3, 0.4) is 0 Å². The van der Waals surface area contributed by atoms with E-state index >= 15 is 0 Å². The third-order valence-corrected chi connectivity index (χ3v) is 6.18. The lowest BCUT2D eigenvalue weighted by Gasteiger charge is -2.33. The molecule has 2 aromatic rings. The van der Waals surface area contributed by atoms with Gasteiger partial charge in [0.1, 0.15) is 11.5 Å². The van der Waals surface area contributed by atoms with Crippen LogP contribution in [0.15, 0.2) is 53.6 Å². The molecule has 1 unspecified atom stereocenters. The highest BCUT2D eigenvalue weighted by atomic mass is 16.5. The number of piperidine rings is 1. The highest BCUT2D eigenvalue weighted by Gasteiger charge is 2.26. The molecule has 2 N–H and O–H groups in total. The fraction of sp³-hybridized carbons (Fsp3) is 0.444. The van der Waals surface area contributed by atoms with Gasteiger partial charge in [-0.25, -0.2) is 5.43 Å². The Morgan fingerprint density at radius 1 is 1.03 bits per heavy atom. The molecule has 2 amide bonds. The van der Waals surface area contributed by atoms with Crippen LogP contribution in [-0.4, -0.2) is 62.8 Å². The molecular formula is C27H36N4O4. The molecule has 188 valence electrons. The van der Waals surface area contributed by atoms with E-state index in [1.165, 1.54) is 6.42 Å². The lowest BCUT2D eigenvalue weighted by Crippen LogP contribution is -2.47. The smallest absolute Gasteiger partial charge is 0.257 e. The number of hydrogen-bond donors (Lipinski definition) is 2. The number of hydrazone groups is 1. The first-order chi connectivity index (χ1) is 17.1. The fourth-order valence-corrected chi connectivity index (χ4v) is 4.25. The molecule has 3 rings (SSSR count). The van der Waals surface area contributed by atoms with Crippen LogP contribution in [0.2, 0.25) is 0 Å². The molecule has 1 heterocycles. The van der Waals surface area contributed by atoms with Crippen LogP contribution in [-0.2, 0) is 4.79 Å². The van der Waals surface area contributed by atoms with E-state index in [9.17, 15) is 9.59 Å². The number of hydrogen-bond acceptors (Lipinski definition) is 6. The van der Waals surface area contributed by atoms with E-state index in [1.54, 1.807) is 44.7 Å². The standard InChI is InChI=1S/C27H36N4O4/c1-34-23-14-15-25(35-2)22(19-23)20-29-30-27(33)24(31-17-9-4-10-18-31)13-7-8-16-28-26(32)21-11-5-3-6-12-21/h3,5-6,11-12,14-15,19-20,24H,4,7-10,13,16-18H2,1-2H3,(H,28,32)(H,30,33). The zero-order chi connectivity index (χ0) is 24.9. The lowest BCUT2D eigenvalue weighted by atomic mass is 10.0. The van der Waals surface area contributed by atoms with Gasteiger partial charge in [0.05, 0.1) is 26.5 Å². The maximum atomic E-state index is 13.1. The molecular weight excluding hydrogens is 444 g/mol. The van der Waals surface area contributed by atoms with Gasteiger partial charge in [0, 0.05) is 17.7 Å². The van der Waals surface area contributed by atoms with Crippen LogP contribution in [0.25, 0.3) is 0 Å². The molecule has 1 aliphatic heterocycles. The summed E-state index contributed by atoms with van der Waals surface area (Å²) in [6.45, 7) is 2.41. The molecule has 0 saturated carbocycles. The molecule has 0 radical (unpaired) electrons. The molecule has 8 nitrogen and oxygen atoms in total. The van der Waals surface area contributed by atoms with Crippen LogP contribution < -0.4 is 20.2 Å². The van der Waals surface area contributed by atoms with Gasteiger partial charge < -0.3 is 14.8 Å². The lowest BCUT2D eigenvalue weighted by molar-refractivity contribution is -0.127. The Labute approximate surface area is 207 Å². The maximum Gasteiger partial charge on any atom is 0.257 e. The summed E-state index contributed by atoms with van der Waals surface area (Å²) in [6, 6.07) is 14.4. The van der Waals surface area contributed by atoms with Gasteiger partial charge in [0.15, 0.2) is 0 Å². The van der Waals surface area contributed by atoms with Crippen LogP contribution >= 0.6 is 0 Å². The highest BCUT2D eigenvalue weighted by Crippen LogP contribution is 2.22. The van der Waals surface area contributed by atoms with E-state index in [0.717, 1.165) is 44.3 Å². The van der Waals surface area contributed by atoms with Gasteiger partial charge in [0.25, 0.3) is 11.8 Å². The van der Waals surface area contributed by atoms with Gasteiger partial charge in [-0.15, -0.1) is 0 Å². The Bertz CT molecular complexity index is 974. The minimum atomic E-state index is -0.246. The maximum absolute atomic E-state index is 13.1. The summed E-state index contributed by atoms with van der Waals surface area (Å²) in [6.07, 6.45) is 7.32. The average molecular weight is 481 g/mol. The number of methoxy groups -OCH3 is 2. The molecule has 0 aliphatic carbocycles. The summed E-state index contributed by atoms with van der Waals surface area (Å²) in [7, 11) is 3.19. The van der Waals surface area contributed by atoms with Gasteiger partial charge in [-0.05, 0) is 75.5 Å². The summed E-state index contributed by atoms with van der Waals surface area (Å²) in [4.78, 5) is 27.5. The highest BCUT2D eigenvalue weighted by molar-refractivity contribution is 5.94. The van der Waals surface area contributed by atoms with E-state index in [2.05, 4.69) is 20.7 Å². The number of nitrogens with one attached hydrogen (secondary N) is 2. The Morgan fingerprint density at radius 3 is 2.51 bits per heavy atom. The summed E-state index contributed by atoms with van der Waals surface area (Å²) in [5, 5.41) is 7.15. The van der Waals surface area contributed by atoms with Crippen LogP contribution in [0.4, 0.5) is 0 Å². The first-order valence-electron chi connectivity index (χ1n) is 12.2. The fourth-order valence-electron chi connectivity index (χ4n) is 4.25. The van der Waals surface area contributed by atoms with Crippen molar-refractivity contribution in [3.05, 3.63) is 59.7 Å². The molecule has 1 aliphatic rings. The van der Waals surface area contributed by atoms with Gasteiger partial charge in [-0.1, -0.05) is 24.6 Å². The van der Waals surface area contributed by atoms with Gasteiger partial charge in [-0.3, -0.25) is 14.5 Å². The molecule has 0 aromatic heterocycles. The Hall–Kier alpha value is -3.39. The van der Waals surface area contributed by atoms with Crippen molar-refractivity contribution in [3.63, 3.8) is 0 Å². The topological polar surface area (TPSA) is 92.3 Å². The van der Waals surface area contributed by atoms with Crippen molar-refractivity contribution < 1.29 is 19.1 Å². The van der Waals surface area contributed by atoms with Crippen molar-refractivity contribution >= 4 is 18.0 Å². The quantitative estimate of drug-likeness (QED) is 0.275. The SMILES string of the molecule is COc1ccc(OC)c(C=NNC(=O)C(CCCCNC(=O)c2ccccc2)N2CCCCC2)c1. The van der Waals surface area contributed by atoms with Crippen LogP contribution in [0.5, 0.6) is 11.5 Å². The van der Waals surface area contributed by atoms with E-state index in [4.69, 9.17) is 9.47 Å². The molecule has 1 fully saturated rings. The number of nitrogens with zero attached hydrogens (tertiary/aromatic N) is 2. The Morgan fingerprint density at radius 2 is 1.80 bits per heavy atom. The minimum absolute atomic E-state index is 0.0711. The van der Waals surface area contributed by atoms with Crippen molar-refractivity contribution in [1.82, 2.24) is 15.6 Å². The number of likely N-dealkylation sites (tertiary alicyclic amines) is 1. The summed E-state index contributed by atoms with van der Waals surface area (Å²) >= 11 is 0. The van der Waals surface area contributed by atoms with Crippen molar-refractivity contribution in [1.29, 1.82) is 0 Å². The molecule has 1 atom stereocenters. The predicted molar refractivity (Wildman–Crippen MR) is 137 cm³/mol. The third-order valence-electron chi connectivity index (χ3n) is 6.18. The third kappa shape index (κ3) is 8.10. The number of amides is 2. The second-order valence-corrected chi connectivity index (χ2v) is 8.57. The van der Waals surface area contributed by atoms with Crippen molar-refractivity contribution in [3.8, 4) is 11.5 Å². The van der Waals surface area contributed by atoms with Crippen molar-refractivity contribution in [2.75, 3.05) is 33.9 Å². The summed E-state index contributed by atoms with van der Waals surface area (Å²) in [5.41, 5.74) is 4.10. The van der Waals surface area contributed by atoms with E-state index in [0.29, 0.717) is 30.0 Å². The molecule has 1 saturated heterocycles. The van der Waals surface area contributed by atoms with Crippen LogP contribution in [0, 0.1) is 0 Å². The van der Waals surface area contributed by atoms with Crippen molar-refractivity contribution in [2.45, 2.75) is 44.6 Å². The normalized spacial score (nSPS) is 14.9. The number of carbonyl (C=O) groups excluding carboxylic acids is 2. The second-order valence-electron chi connectivity index (χ2n) is 8.57. The predicted octanol–water partition coefficient (Wildman–Crippen LogP) is 3.61. The minimum Gasteiger partial charge on any atom is -0.497 e. The summed E-state index contributed by atoms with van der Waals surface area (Å²) in [5.74, 6) is 1.15. The second kappa shape index (κ2) is 14.1. The zero-order valence-electron chi connectivity index (χ0n) is 20.7. The number of benzene rings is 2. The number of carbonyl (C=O) groups is 2. The van der Waals surface area contributed by atoms with E-state index < -0.39 is 0 Å². The Kier molecular flexibility index (Phi) is 10.6. The number of ether oxygens (including phenoxy) is 2. The molecule has 0 bridgehead atoms. The van der Waals surface area contributed by atoms with E-state index in [-0.39, 0.29) is 17.9 Å². The molecule has 0 spiro atoms.